The number of pyridine rings is 1. The molecule has 9 heteroatoms. The van der Waals surface area contributed by atoms with E-state index in [0.29, 0.717) is 5.02 Å². The summed E-state index contributed by atoms with van der Waals surface area (Å²) in [5.41, 5.74) is 2.58. The normalized spacial score (nSPS) is 10.8. The Kier molecular flexibility index (Phi) is 4.56. The molecule has 0 saturated carbocycles. The van der Waals surface area contributed by atoms with Crippen LogP contribution in [-0.4, -0.2) is 21.2 Å². The third kappa shape index (κ3) is 3.80. The monoisotopic (exact) mass is 326 g/mol. The number of non-ortho nitro benzene ring substituents is 1. The van der Waals surface area contributed by atoms with Crippen molar-refractivity contribution in [1.29, 1.82) is 0 Å². The van der Waals surface area contributed by atoms with Crippen LogP contribution < -0.4 is 5.43 Å². The van der Waals surface area contributed by atoms with E-state index in [-0.39, 0.29) is 27.8 Å². The zero-order valence-corrected chi connectivity index (χ0v) is 11.8. The van der Waals surface area contributed by atoms with Crippen molar-refractivity contribution in [2.24, 2.45) is 5.10 Å². The van der Waals surface area contributed by atoms with Crippen molar-refractivity contribution in [2.75, 3.05) is 5.43 Å². The van der Waals surface area contributed by atoms with Crippen molar-refractivity contribution in [3.8, 4) is 5.75 Å². The number of halogens is 2. The van der Waals surface area contributed by atoms with Gasteiger partial charge in [-0.25, -0.2) is 4.98 Å². The number of nitro groups is 1. The molecule has 0 fully saturated rings. The van der Waals surface area contributed by atoms with E-state index in [0.717, 1.165) is 0 Å². The number of nitrogens with zero attached hydrogens (tertiary/aromatic N) is 3. The lowest BCUT2D eigenvalue weighted by atomic mass is 10.2. The summed E-state index contributed by atoms with van der Waals surface area (Å²) < 4.78 is 0. The number of aromatic nitrogens is 1. The Labute approximate surface area is 129 Å². The lowest BCUT2D eigenvalue weighted by molar-refractivity contribution is -0.384. The van der Waals surface area contributed by atoms with E-state index in [1.807, 2.05) is 0 Å². The molecule has 2 aromatic rings. The molecule has 0 aliphatic rings. The Bertz CT molecular complexity index is 722. The minimum absolute atomic E-state index is 0.138. The highest BCUT2D eigenvalue weighted by atomic mass is 35.5. The van der Waals surface area contributed by atoms with E-state index < -0.39 is 4.92 Å². The number of nitro benzene ring substituents is 1. The van der Waals surface area contributed by atoms with Crippen LogP contribution >= 0.6 is 23.2 Å². The lowest BCUT2D eigenvalue weighted by Crippen LogP contribution is -1.95. The molecule has 0 spiro atoms. The number of benzene rings is 1. The molecule has 0 aliphatic heterocycles. The molecular formula is C12H8Cl2N4O3. The average Bonchev–Trinajstić information content (AvgIpc) is 2.43. The zero-order valence-electron chi connectivity index (χ0n) is 10.3. The zero-order chi connectivity index (χ0) is 15.4. The molecule has 1 aromatic heterocycles. The maximum Gasteiger partial charge on any atom is 0.270 e. The van der Waals surface area contributed by atoms with Gasteiger partial charge in [0, 0.05) is 23.9 Å². The number of hydrazone groups is 1. The first kappa shape index (κ1) is 15.0. The van der Waals surface area contributed by atoms with Gasteiger partial charge in [0.1, 0.15) is 5.75 Å². The molecule has 0 radical (unpaired) electrons. The van der Waals surface area contributed by atoms with Crippen molar-refractivity contribution in [3.05, 3.63) is 56.2 Å². The summed E-state index contributed by atoms with van der Waals surface area (Å²) in [5, 5.41) is 24.7. The molecule has 21 heavy (non-hydrogen) atoms. The average molecular weight is 327 g/mol. The SMILES string of the molecule is O=[N+]([O-])c1ccc(O)c(/C=N/Nc2ncc(Cl)cc2Cl)c1. The molecule has 0 unspecified atom stereocenters. The van der Waals surface area contributed by atoms with Crippen LogP contribution in [0.2, 0.25) is 10.0 Å². The first-order valence-electron chi connectivity index (χ1n) is 5.55. The molecule has 0 bridgehead atoms. The third-order valence-electron chi connectivity index (χ3n) is 2.40. The maximum absolute atomic E-state index is 10.7. The van der Waals surface area contributed by atoms with Crippen molar-refractivity contribution < 1.29 is 10.0 Å². The van der Waals surface area contributed by atoms with E-state index >= 15 is 0 Å². The van der Waals surface area contributed by atoms with E-state index in [4.69, 9.17) is 23.2 Å². The van der Waals surface area contributed by atoms with Gasteiger partial charge in [-0.05, 0) is 12.1 Å². The Hall–Kier alpha value is -2.38. The second-order valence-electron chi connectivity index (χ2n) is 3.85. The van der Waals surface area contributed by atoms with Gasteiger partial charge in [0.2, 0.25) is 0 Å². The fourth-order valence-corrected chi connectivity index (χ4v) is 1.84. The van der Waals surface area contributed by atoms with Crippen LogP contribution in [0.3, 0.4) is 0 Å². The van der Waals surface area contributed by atoms with Gasteiger partial charge in [-0.1, -0.05) is 23.2 Å². The molecule has 0 saturated heterocycles. The van der Waals surface area contributed by atoms with Crippen molar-refractivity contribution >= 4 is 40.9 Å². The number of nitrogens with one attached hydrogen (secondary N) is 1. The van der Waals surface area contributed by atoms with Gasteiger partial charge in [0.15, 0.2) is 5.82 Å². The van der Waals surface area contributed by atoms with Crippen LogP contribution in [0.25, 0.3) is 0 Å². The van der Waals surface area contributed by atoms with Gasteiger partial charge in [-0.15, -0.1) is 0 Å². The van der Waals surface area contributed by atoms with Crippen LogP contribution in [0, 0.1) is 10.1 Å². The molecule has 2 rings (SSSR count). The van der Waals surface area contributed by atoms with Gasteiger partial charge in [-0.3, -0.25) is 15.5 Å². The van der Waals surface area contributed by atoms with Crippen LogP contribution in [0.15, 0.2) is 35.6 Å². The Balaban J connectivity index is 2.17. The molecule has 0 atom stereocenters. The van der Waals surface area contributed by atoms with E-state index in [1.54, 1.807) is 0 Å². The predicted octanol–water partition coefficient (Wildman–Crippen LogP) is 3.45. The largest absolute Gasteiger partial charge is 0.507 e. The van der Waals surface area contributed by atoms with Gasteiger partial charge < -0.3 is 5.11 Å². The quantitative estimate of drug-likeness (QED) is 0.509. The number of aromatic hydroxyl groups is 1. The number of rotatable bonds is 4. The number of hydrogen-bond donors (Lipinski definition) is 2. The third-order valence-corrected chi connectivity index (χ3v) is 2.90. The summed E-state index contributed by atoms with van der Waals surface area (Å²) >= 11 is 11.6. The maximum atomic E-state index is 10.7. The van der Waals surface area contributed by atoms with E-state index in [1.165, 1.54) is 36.7 Å². The first-order valence-corrected chi connectivity index (χ1v) is 6.30. The molecular weight excluding hydrogens is 319 g/mol. The molecule has 7 nitrogen and oxygen atoms in total. The van der Waals surface area contributed by atoms with Gasteiger partial charge in [0.25, 0.3) is 5.69 Å². The summed E-state index contributed by atoms with van der Waals surface area (Å²) in [7, 11) is 0. The van der Waals surface area contributed by atoms with E-state index in [2.05, 4.69) is 15.5 Å². The summed E-state index contributed by atoms with van der Waals surface area (Å²) in [5.74, 6) is 0.128. The second kappa shape index (κ2) is 6.38. The highest BCUT2D eigenvalue weighted by Gasteiger charge is 2.08. The van der Waals surface area contributed by atoms with Gasteiger partial charge in [-0.2, -0.15) is 5.10 Å². The van der Waals surface area contributed by atoms with Crippen molar-refractivity contribution in [1.82, 2.24) is 4.98 Å². The predicted molar refractivity (Wildman–Crippen MR) is 80.2 cm³/mol. The molecule has 0 amide bonds. The minimum Gasteiger partial charge on any atom is -0.507 e. The van der Waals surface area contributed by atoms with Crippen LogP contribution in [-0.2, 0) is 0 Å². The summed E-state index contributed by atoms with van der Waals surface area (Å²) in [6, 6.07) is 5.08. The first-order chi connectivity index (χ1) is 9.97. The van der Waals surface area contributed by atoms with Crippen LogP contribution in [0.5, 0.6) is 5.75 Å². The second-order valence-corrected chi connectivity index (χ2v) is 4.70. The lowest BCUT2D eigenvalue weighted by Gasteiger charge is -2.02. The topological polar surface area (TPSA) is 101 Å². The Morgan fingerprint density at radius 2 is 2.14 bits per heavy atom. The standard InChI is InChI=1S/C12H8Cl2N4O3/c13-8-4-10(14)12(15-6-8)17-16-5-7-3-9(18(20)21)1-2-11(7)19/h1-6,19H,(H,15,17)/b16-5+. The molecule has 0 aliphatic carbocycles. The highest BCUT2D eigenvalue weighted by Crippen LogP contribution is 2.23. The molecule has 1 heterocycles. The Morgan fingerprint density at radius 1 is 1.38 bits per heavy atom. The van der Waals surface area contributed by atoms with E-state index in [9.17, 15) is 15.2 Å². The fraction of sp³-hybridized carbons (Fsp3) is 0. The van der Waals surface area contributed by atoms with Crippen LogP contribution in [0.1, 0.15) is 5.56 Å². The summed E-state index contributed by atoms with van der Waals surface area (Å²) in [4.78, 5) is 14.0. The molecule has 2 N–H and O–H groups in total. The van der Waals surface area contributed by atoms with Crippen molar-refractivity contribution in [3.63, 3.8) is 0 Å². The summed E-state index contributed by atoms with van der Waals surface area (Å²) in [6.07, 6.45) is 2.60. The number of phenolic OH excluding ortho intramolecular Hbond substituents is 1. The fourth-order valence-electron chi connectivity index (χ4n) is 1.42. The number of anilines is 1. The smallest absolute Gasteiger partial charge is 0.270 e. The minimum atomic E-state index is -0.568. The number of hydrogen-bond acceptors (Lipinski definition) is 6. The van der Waals surface area contributed by atoms with Crippen molar-refractivity contribution in [2.45, 2.75) is 0 Å². The Morgan fingerprint density at radius 3 is 2.81 bits per heavy atom. The summed E-state index contributed by atoms with van der Waals surface area (Å²) in [6.45, 7) is 0. The molecule has 108 valence electrons. The van der Waals surface area contributed by atoms with Gasteiger partial charge in [0.05, 0.1) is 21.2 Å². The van der Waals surface area contributed by atoms with Gasteiger partial charge >= 0.3 is 0 Å². The number of phenols is 1. The van der Waals surface area contributed by atoms with Crippen LogP contribution in [0.4, 0.5) is 11.5 Å². The molecule has 1 aromatic carbocycles. The highest BCUT2D eigenvalue weighted by molar-refractivity contribution is 6.35.